The number of methoxy groups -OCH3 is 1. The van der Waals surface area contributed by atoms with Gasteiger partial charge < -0.3 is 14.8 Å². The van der Waals surface area contributed by atoms with Gasteiger partial charge in [0.2, 0.25) is 5.91 Å². The molecule has 2 aromatic carbocycles. The van der Waals surface area contributed by atoms with Crippen molar-refractivity contribution in [3.05, 3.63) is 52.8 Å². The molecule has 3 aromatic rings. The molecule has 10 heteroatoms. The zero-order valence-corrected chi connectivity index (χ0v) is 20.7. The number of ether oxygens (including phenoxy) is 2. The van der Waals surface area contributed by atoms with E-state index in [4.69, 9.17) is 21.7 Å². The summed E-state index contributed by atoms with van der Waals surface area (Å²) in [5.41, 5.74) is 2.26. The van der Waals surface area contributed by atoms with Gasteiger partial charge in [0.15, 0.2) is 10.6 Å². The lowest BCUT2D eigenvalue weighted by Gasteiger charge is -2.20. The number of carbonyl (C=O) groups excluding carboxylic acids is 2. The number of rotatable bonds is 7. The fourth-order valence-electron chi connectivity index (χ4n) is 3.26. The maximum Gasteiger partial charge on any atom is 0.412 e. The molecule has 3 rings (SSSR count). The number of aryl methyl sites for hydroxylation is 1. The van der Waals surface area contributed by atoms with E-state index in [1.807, 2.05) is 31.2 Å². The Morgan fingerprint density at radius 1 is 1.15 bits per heavy atom. The van der Waals surface area contributed by atoms with Crippen LogP contribution in [0.3, 0.4) is 0 Å². The molecule has 0 saturated heterocycles. The molecule has 1 heterocycles. The molecule has 9 nitrogen and oxygen atoms in total. The third kappa shape index (κ3) is 6.67. The van der Waals surface area contributed by atoms with E-state index in [9.17, 15) is 9.59 Å². The van der Waals surface area contributed by atoms with Gasteiger partial charge in [0.25, 0.3) is 0 Å². The Balaban J connectivity index is 1.69. The molecule has 0 radical (unpaired) electrons. The molecule has 3 N–H and O–H groups in total. The molecule has 0 fully saturated rings. The van der Waals surface area contributed by atoms with Gasteiger partial charge in [0, 0.05) is 24.2 Å². The summed E-state index contributed by atoms with van der Waals surface area (Å²) in [5.74, 6) is 0.901. The molecule has 180 valence electrons. The van der Waals surface area contributed by atoms with Crippen LogP contribution in [0.25, 0.3) is 11.4 Å². The predicted octanol–water partition coefficient (Wildman–Crippen LogP) is 5.30. The molecular formula is C24H29N5O4S. The van der Waals surface area contributed by atoms with Gasteiger partial charge in [0.05, 0.1) is 12.8 Å². The predicted molar refractivity (Wildman–Crippen MR) is 134 cm³/mol. The highest BCUT2D eigenvalue weighted by atomic mass is 32.1. The van der Waals surface area contributed by atoms with Crippen LogP contribution in [0, 0.1) is 11.7 Å². The smallest absolute Gasteiger partial charge is 0.412 e. The highest BCUT2D eigenvalue weighted by molar-refractivity contribution is 7.71. The standard InChI is InChI=1S/C24H29N5O4S/c1-15-7-6-8-16(13-15)21-27-28-22(34)29(21)12-11-20(30)25-17-9-10-19(32-5)18(14-17)26-23(31)33-24(2,3)4/h6-10,13-14H,11-12H2,1-5H3,(H,25,30)(H,26,31)(H,28,34). The molecule has 0 bridgehead atoms. The zero-order valence-electron chi connectivity index (χ0n) is 19.9. The van der Waals surface area contributed by atoms with Crippen LogP contribution < -0.4 is 15.4 Å². The number of hydrogen-bond acceptors (Lipinski definition) is 6. The number of carbonyl (C=O) groups is 2. The van der Waals surface area contributed by atoms with Gasteiger partial charge in [-0.05, 0) is 64.2 Å². The van der Waals surface area contributed by atoms with Crippen molar-refractivity contribution in [1.82, 2.24) is 14.8 Å². The minimum atomic E-state index is -0.644. The fourth-order valence-corrected chi connectivity index (χ4v) is 3.49. The van der Waals surface area contributed by atoms with Crippen LogP contribution in [0.5, 0.6) is 5.75 Å². The van der Waals surface area contributed by atoms with E-state index in [-0.39, 0.29) is 12.3 Å². The van der Waals surface area contributed by atoms with Crippen LogP contribution in [-0.4, -0.2) is 39.5 Å². The van der Waals surface area contributed by atoms with Crippen LogP contribution in [0.2, 0.25) is 0 Å². The number of amides is 2. The van der Waals surface area contributed by atoms with Gasteiger partial charge in [-0.3, -0.25) is 19.8 Å². The number of H-pyrrole nitrogens is 1. The van der Waals surface area contributed by atoms with Crippen molar-refractivity contribution in [3.63, 3.8) is 0 Å². The van der Waals surface area contributed by atoms with Crippen molar-refractivity contribution in [1.29, 1.82) is 0 Å². The Morgan fingerprint density at radius 2 is 1.91 bits per heavy atom. The molecule has 0 aliphatic carbocycles. The first-order chi connectivity index (χ1) is 16.1. The lowest BCUT2D eigenvalue weighted by Crippen LogP contribution is -2.27. The summed E-state index contributed by atoms with van der Waals surface area (Å²) in [7, 11) is 1.49. The first-order valence-corrected chi connectivity index (χ1v) is 11.2. The molecule has 0 spiro atoms. The largest absolute Gasteiger partial charge is 0.495 e. The lowest BCUT2D eigenvalue weighted by atomic mass is 10.1. The van der Waals surface area contributed by atoms with E-state index in [1.54, 1.807) is 43.5 Å². The summed E-state index contributed by atoms with van der Waals surface area (Å²) < 4.78 is 12.8. The monoisotopic (exact) mass is 483 g/mol. The van der Waals surface area contributed by atoms with Crippen LogP contribution in [0.1, 0.15) is 32.8 Å². The van der Waals surface area contributed by atoms with Crippen molar-refractivity contribution in [3.8, 4) is 17.1 Å². The number of nitrogens with zero attached hydrogens (tertiary/aromatic N) is 2. The maximum absolute atomic E-state index is 12.7. The molecule has 0 atom stereocenters. The van der Waals surface area contributed by atoms with E-state index in [0.29, 0.717) is 34.3 Å². The van der Waals surface area contributed by atoms with Crippen molar-refractivity contribution < 1.29 is 19.1 Å². The van der Waals surface area contributed by atoms with Gasteiger partial charge in [-0.2, -0.15) is 5.10 Å². The first-order valence-electron chi connectivity index (χ1n) is 10.8. The van der Waals surface area contributed by atoms with Crippen LogP contribution >= 0.6 is 12.2 Å². The molecular weight excluding hydrogens is 454 g/mol. The highest BCUT2D eigenvalue weighted by Crippen LogP contribution is 2.28. The average Bonchev–Trinajstić information content (AvgIpc) is 3.11. The van der Waals surface area contributed by atoms with Crippen LogP contribution in [0.4, 0.5) is 16.2 Å². The van der Waals surface area contributed by atoms with Crippen molar-refractivity contribution in [2.45, 2.75) is 46.3 Å². The second kappa shape index (κ2) is 10.5. The van der Waals surface area contributed by atoms with E-state index >= 15 is 0 Å². The van der Waals surface area contributed by atoms with Crippen LogP contribution in [-0.2, 0) is 16.1 Å². The van der Waals surface area contributed by atoms with E-state index in [1.165, 1.54) is 7.11 Å². The summed E-state index contributed by atoms with van der Waals surface area (Å²) >= 11 is 5.36. The summed E-state index contributed by atoms with van der Waals surface area (Å²) in [5, 5.41) is 12.6. The van der Waals surface area contributed by atoms with E-state index < -0.39 is 11.7 Å². The van der Waals surface area contributed by atoms with Gasteiger partial charge >= 0.3 is 6.09 Å². The molecule has 2 amide bonds. The lowest BCUT2D eigenvalue weighted by molar-refractivity contribution is -0.116. The van der Waals surface area contributed by atoms with Gasteiger partial charge in [-0.15, -0.1) is 0 Å². The minimum Gasteiger partial charge on any atom is -0.495 e. The number of benzene rings is 2. The Kier molecular flexibility index (Phi) is 7.72. The second-order valence-electron chi connectivity index (χ2n) is 8.71. The Bertz CT molecular complexity index is 1240. The third-order valence-corrected chi connectivity index (χ3v) is 5.03. The summed E-state index contributed by atoms with van der Waals surface area (Å²) in [4.78, 5) is 24.8. The molecule has 34 heavy (non-hydrogen) atoms. The number of aromatic nitrogens is 3. The average molecular weight is 484 g/mol. The first kappa shape index (κ1) is 25.0. The second-order valence-corrected chi connectivity index (χ2v) is 9.10. The van der Waals surface area contributed by atoms with Crippen molar-refractivity contribution >= 4 is 35.6 Å². The number of anilines is 2. The van der Waals surface area contributed by atoms with E-state index in [0.717, 1.165) is 11.1 Å². The Labute approximate surface area is 203 Å². The third-order valence-electron chi connectivity index (χ3n) is 4.72. The zero-order chi connectivity index (χ0) is 24.9. The summed E-state index contributed by atoms with van der Waals surface area (Å²) in [6.45, 7) is 7.68. The van der Waals surface area contributed by atoms with Crippen molar-refractivity contribution in [2.75, 3.05) is 17.7 Å². The van der Waals surface area contributed by atoms with Gasteiger partial charge in [0.1, 0.15) is 11.4 Å². The van der Waals surface area contributed by atoms with Crippen LogP contribution in [0.15, 0.2) is 42.5 Å². The highest BCUT2D eigenvalue weighted by Gasteiger charge is 2.18. The Hall–Kier alpha value is -3.66. The minimum absolute atomic E-state index is 0.174. The summed E-state index contributed by atoms with van der Waals surface area (Å²) in [6.07, 6.45) is -0.444. The maximum atomic E-state index is 12.7. The molecule has 0 aliphatic rings. The van der Waals surface area contributed by atoms with Gasteiger partial charge in [-0.1, -0.05) is 23.8 Å². The fraction of sp³-hybridized carbons (Fsp3) is 0.333. The SMILES string of the molecule is COc1ccc(NC(=O)CCn2c(-c3cccc(C)c3)n[nH]c2=S)cc1NC(=O)OC(C)(C)C. The molecule has 0 aliphatic heterocycles. The molecule has 0 unspecified atom stereocenters. The quantitative estimate of drug-likeness (QED) is 0.393. The van der Waals surface area contributed by atoms with E-state index in [2.05, 4.69) is 20.8 Å². The molecule has 1 aromatic heterocycles. The van der Waals surface area contributed by atoms with Gasteiger partial charge in [-0.25, -0.2) is 4.79 Å². The number of nitrogens with one attached hydrogen (secondary N) is 3. The topological polar surface area (TPSA) is 110 Å². The van der Waals surface area contributed by atoms with Crippen molar-refractivity contribution in [2.24, 2.45) is 0 Å². The molecule has 0 saturated carbocycles. The summed E-state index contributed by atoms with van der Waals surface area (Å²) in [6, 6.07) is 12.9. The number of hydrogen-bond donors (Lipinski definition) is 3. The number of aromatic amines is 1. The Morgan fingerprint density at radius 3 is 2.59 bits per heavy atom. The normalized spacial score (nSPS) is 11.1.